The second kappa shape index (κ2) is 7.22. The van der Waals surface area contributed by atoms with Crippen LogP contribution in [-0.4, -0.2) is 35.8 Å². The Labute approximate surface area is 125 Å². The number of primary amides is 1. The lowest BCUT2D eigenvalue weighted by atomic mass is 10.0. The van der Waals surface area contributed by atoms with Crippen molar-refractivity contribution < 1.29 is 9.59 Å². The van der Waals surface area contributed by atoms with E-state index >= 15 is 0 Å². The summed E-state index contributed by atoms with van der Waals surface area (Å²) in [6, 6.07) is 9.46. The average molecular weight is 289 g/mol. The molecular formula is C16H23N3O2. The molecule has 21 heavy (non-hydrogen) atoms. The fourth-order valence-electron chi connectivity index (χ4n) is 2.80. The molecule has 1 fully saturated rings. The molecule has 1 aliphatic heterocycles. The molecule has 2 amide bonds. The molecule has 1 heterocycles. The lowest BCUT2D eigenvalue weighted by molar-refractivity contribution is -0.128. The number of nitrogens with zero attached hydrogens (tertiary/aromatic N) is 1. The van der Waals surface area contributed by atoms with Crippen LogP contribution in [0.4, 0.5) is 0 Å². The summed E-state index contributed by atoms with van der Waals surface area (Å²) in [4.78, 5) is 25.5. The Bertz CT molecular complexity index is 490. The Kier molecular flexibility index (Phi) is 5.33. The highest BCUT2D eigenvalue weighted by molar-refractivity contribution is 5.82. The van der Waals surface area contributed by atoms with E-state index in [2.05, 4.69) is 5.32 Å². The van der Waals surface area contributed by atoms with Crippen molar-refractivity contribution in [2.24, 2.45) is 5.73 Å². The van der Waals surface area contributed by atoms with Crippen molar-refractivity contribution in [3.05, 3.63) is 35.9 Å². The van der Waals surface area contributed by atoms with Gasteiger partial charge in [-0.1, -0.05) is 36.8 Å². The van der Waals surface area contributed by atoms with E-state index in [9.17, 15) is 9.59 Å². The third-order valence-corrected chi connectivity index (χ3v) is 3.97. The Morgan fingerprint density at radius 3 is 2.71 bits per heavy atom. The van der Waals surface area contributed by atoms with Crippen LogP contribution < -0.4 is 11.1 Å². The van der Waals surface area contributed by atoms with Crippen molar-refractivity contribution in [1.82, 2.24) is 10.2 Å². The Hall–Kier alpha value is -1.88. The Balaban J connectivity index is 1.90. The van der Waals surface area contributed by atoms with Gasteiger partial charge in [-0.15, -0.1) is 0 Å². The van der Waals surface area contributed by atoms with Gasteiger partial charge in [0, 0.05) is 0 Å². The fourth-order valence-corrected chi connectivity index (χ4v) is 2.80. The van der Waals surface area contributed by atoms with Crippen LogP contribution in [0.5, 0.6) is 0 Å². The summed E-state index contributed by atoms with van der Waals surface area (Å²) in [5, 5.41) is 2.97. The summed E-state index contributed by atoms with van der Waals surface area (Å²) in [5.74, 6) is -0.405. The SMILES string of the molecule is C[C@@H](NC(=O)CN1CCCC[C@H]1C(N)=O)c1ccccc1. The van der Waals surface area contributed by atoms with Gasteiger partial charge >= 0.3 is 0 Å². The van der Waals surface area contributed by atoms with E-state index in [1.165, 1.54) is 0 Å². The van der Waals surface area contributed by atoms with Gasteiger partial charge in [0.05, 0.1) is 18.6 Å². The number of rotatable bonds is 5. The summed E-state index contributed by atoms with van der Waals surface area (Å²) in [5.41, 5.74) is 6.48. The Morgan fingerprint density at radius 2 is 2.05 bits per heavy atom. The minimum atomic E-state index is -0.335. The number of nitrogens with one attached hydrogen (secondary N) is 1. The molecule has 114 valence electrons. The predicted octanol–water partition coefficient (Wildman–Crippen LogP) is 1.20. The van der Waals surface area contributed by atoms with E-state index < -0.39 is 0 Å². The average Bonchev–Trinajstić information content (AvgIpc) is 2.48. The number of amides is 2. The van der Waals surface area contributed by atoms with E-state index in [0.717, 1.165) is 31.4 Å². The van der Waals surface area contributed by atoms with Gasteiger partial charge in [0.2, 0.25) is 11.8 Å². The number of nitrogens with two attached hydrogens (primary N) is 1. The maximum Gasteiger partial charge on any atom is 0.234 e. The molecule has 2 atom stereocenters. The number of hydrogen-bond acceptors (Lipinski definition) is 3. The van der Waals surface area contributed by atoms with E-state index in [1.807, 2.05) is 42.2 Å². The third kappa shape index (κ3) is 4.29. The molecular weight excluding hydrogens is 266 g/mol. The maximum atomic E-state index is 12.2. The topological polar surface area (TPSA) is 75.4 Å². The molecule has 5 nitrogen and oxygen atoms in total. The third-order valence-electron chi connectivity index (χ3n) is 3.97. The number of carbonyl (C=O) groups excluding carboxylic acids is 2. The molecule has 1 aromatic rings. The van der Waals surface area contributed by atoms with Gasteiger partial charge in [-0.25, -0.2) is 0 Å². The molecule has 5 heteroatoms. The highest BCUT2D eigenvalue weighted by Crippen LogP contribution is 2.17. The quantitative estimate of drug-likeness (QED) is 0.855. The molecule has 1 aliphatic rings. The minimum Gasteiger partial charge on any atom is -0.368 e. The number of benzene rings is 1. The lowest BCUT2D eigenvalue weighted by Gasteiger charge is -2.33. The molecule has 3 N–H and O–H groups in total. The molecule has 2 rings (SSSR count). The Morgan fingerprint density at radius 1 is 1.33 bits per heavy atom. The van der Waals surface area contributed by atoms with Crippen LogP contribution in [0.2, 0.25) is 0 Å². The largest absolute Gasteiger partial charge is 0.368 e. The first-order chi connectivity index (χ1) is 10.1. The van der Waals surface area contributed by atoms with Gasteiger partial charge in [-0.2, -0.15) is 0 Å². The van der Waals surface area contributed by atoms with E-state index in [1.54, 1.807) is 0 Å². The van der Waals surface area contributed by atoms with Crippen molar-refractivity contribution in [2.45, 2.75) is 38.3 Å². The molecule has 0 spiro atoms. The highest BCUT2D eigenvalue weighted by atomic mass is 16.2. The first kappa shape index (κ1) is 15.5. The number of carbonyl (C=O) groups is 2. The van der Waals surface area contributed by atoms with E-state index in [-0.39, 0.29) is 30.4 Å². The second-order valence-corrected chi connectivity index (χ2v) is 5.58. The maximum absolute atomic E-state index is 12.2. The predicted molar refractivity (Wildman–Crippen MR) is 81.4 cm³/mol. The van der Waals surface area contributed by atoms with Crippen LogP contribution in [0.3, 0.4) is 0 Å². The van der Waals surface area contributed by atoms with Crippen LogP contribution in [0, 0.1) is 0 Å². The molecule has 0 bridgehead atoms. The van der Waals surface area contributed by atoms with E-state index in [4.69, 9.17) is 5.73 Å². The standard InChI is InChI=1S/C16H23N3O2/c1-12(13-7-3-2-4-8-13)18-15(20)11-19-10-6-5-9-14(19)16(17)21/h2-4,7-8,12,14H,5-6,9-11H2,1H3,(H2,17,21)(H,18,20)/t12-,14+/m1/s1. The second-order valence-electron chi connectivity index (χ2n) is 5.58. The summed E-state index contributed by atoms with van der Waals surface area (Å²) in [7, 11) is 0. The highest BCUT2D eigenvalue weighted by Gasteiger charge is 2.28. The van der Waals surface area contributed by atoms with E-state index in [0.29, 0.717) is 0 Å². The van der Waals surface area contributed by atoms with Crippen LogP contribution in [0.15, 0.2) is 30.3 Å². The van der Waals surface area contributed by atoms with Crippen LogP contribution >= 0.6 is 0 Å². The van der Waals surface area contributed by atoms with Gasteiger partial charge in [-0.3, -0.25) is 14.5 Å². The number of piperidine rings is 1. The van der Waals surface area contributed by atoms with Crippen molar-refractivity contribution in [3.63, 3.8) is 0 Å². The monoisotopic (exact) mass is 289 g/mol. The van der Waals surface area contributed by atoms with Crippen molar-refractivity contribution in [2.75, 3.05) is 13.1 Å². The first-order valence-electron chi connectivity index (χ1n) is 7.45. The first-order valence-corrected chi connectivity index (χ1v) is 7.45. The zero-order valence-electron chi connectivity index (χ0n) is 12.4. The van der Waals surface area contributed by atoms with Gasteiger partial charge < -0.3 is 11.1 Å². The zero-order valence-corrected chi connectivity index (χ0v) is 12.4. The molecule has 1 aromatic carbocycles. The molecule has 0 saturated carbocycles. The molecule has 0 unspecified atom stereocenters. The smallest absolute Gasteiger partial charge is 0.234 e. The minimum absolute atomic E-state index is 0.0458. The van der Waals surface area contributed by atoms with Gasteiger partial charge in [0.1, 0.15) is 0 Å². The van der Waals surface area contributed by atoms with Crippen LogP contribution in [0.1, 0.15) is 37.8 Å². The normalized spacial score (nSPS) is 20.7. The van der Waals surface area contributed by atoms with Crippen molar-refractivity contribution in [1.29, 1.82) is 0 Å². The molecule has 0 radical (unpaired) electrons. The number of hydrogen-bond donors (Lipinski definition) is 2. The van der Waals surface area contributed by atoms with Gasteiger partial charge in [-0.05, 0) is 31.9 Å². The summed E-state index contributed by atoms with van der Waals surface area (Å²) in [6.45, 7) is 2.93. The van der Waals surface area contributed by atoms with Crippen molar-refractivity contribution >= 4 is 11.8 Å². The summed E-state index contributed by atoms with van der Waals surface area (Å²) >= 11 is 0. The fraction of sp³-hybridized carbons (Fsp3) is 0.500. The lowest BCUT2D eigenvalue weighted by Crippen LogP contribution is -2.51. The molecule has 0 aliphatic carbocycles. The van der Waals surface area contributed by atoms with Gasteiger partial charge in [0.25, 0.3) is 0 Å². The molecule has 1 saturated heterocycles. The van der Waals surface area contributed by atoms with Gasteiger partial charge in [0.15, 0.2) is 0 Å². The summed E-state index contributed by atoms with van der Waals surface area (Å²) in [6.07, 6.45) is 2.74. The molecule has 0 aromatic heterocycles. The van der Waals surface area contributed by atoms with Crippen LogP contribution in [-0.2, 0) is 9.59 Å². The zero-order chi connectivity index (χ0) is 15.2. The van der Waals surface area contributed by atoms with Crippen molar-refractivity contribution in [3.8, 4) is 0 Å². The number of likely N-dealkylation sites (tertiary alicyclic amines) is 1. The summed E-state index contributed by atoms with van der Waals surface area (Å²) < 4.78 is 0. The van der Waals surface area contributed by atoms with Crippen LogP contribution in [0.25, 0.3) is 0 Å².